The van der Waals surface area contributed by atoms with E-state index in [1.807, 2.05) is 19.3 Å². The number of nitrogens with one attached hydrogen (secondary N) is 1. The molecule has 0 spiro atoms. The van der Waals surface area contributed by atoms with Crippen molar-refractivity contribution in [2.75, 3.05) is 11.9 Å². The van der Waals surface area contributed by atoms with E-state index in [1.54, 1.807) is 0 Å². The lowest BCUT2D eigenvalue weighted by atomic mass is 10.1. The average Bonchev–Trinajstić information content (AvgIpc) is 3.21. The van der Waals surface area contributed by atoms with Crippen LogP contribution >= 0.6 is 0 Å². The molecule has 2 heterocycles. The van der Waals surface area contributed by atoms with Crippen molar-refractivity contribution in [3.8, 4) is 0 Å². The van der Waals surface area contributed by atoms with Crippen molar-refractivity contribution < 1.29 is 0 Å². The second kappa shape index (κ2) is 6.00. The first-order chi connectivity index (χ1) is 11.2. The Morgan fingerprint density at radius 2 is 2.00 bits per heavy atom. The highest BCUT2D eigenvalue weighted by Crippen LogP contribution is 2.34. The van der Waals surface area contributed by atoms with E-state index in [-0.39, 0.29) is 0 Å². The van der Waals surface area contributed by atoms with Crippen molar-refractivity contribution in [3.63, 3.8) is 0 Å². The van der Waals surface area contributed by atoms with E-state index in [0.717, 1.165) is 24.5 Å². The third kappa shape index (κ3) is 3.27. The number of nitrogens with zero attached hydrogens (tertiary/aromatic N) is 3. The smallest absolute Gasteiger partial charge is 0.105 e. The SMILES string of the molecule is Cc1nccn1Cc1ccc(N[C@H]2C[C@H](C)N(C3CC3)C2)cc1. The van der Waals surface area contributed by atoms with Crippen LogP contribution in [0.5, 0.6) is 0 Å². The summed E-state index contributed by atoms with van der Waals surface area (Å²) in [6.07, 6.45) is 7.96. The Bertz CT molecular complexity index is 656. The van der Waals surface area contributed by atoms with Gasteiger partial charge in [0.25, 0.3) is 0 Å². The molecule has 0 radical (unpaired) electrons. The summed E-state index contributed by atoms with van der Waals surface area (Å²) in [5.74, 6) is 1.06. The van der Waals surface area contributed by atoms with Gasteiger partial charge in [-0.15, -0.1) is 0 Å². The molecular formula is C19H26N4. The van der Waals surface area contributed by atoms with Gasteiger partial charge in [-0.2, -0.15) is 0 Å². The first-order valence-electron chi connectivity index (χ1n) is 8.78. The third-order valence-electron chi connectivity index (χ3n) is 5.24. The van der Waals surface area contributed by atoms with Crippen LogP contribution in [0.15, 0.2) is 36.7 Å². The van der Waals surface area contributed by atoms with Crippen LogP contribution in [0.3, 0.4) is 0 Å². The predicted molar refractivity (Wildman–Crippen MR) is 93.7 cm³/mol. The van der Waals surface area contributed by atoms with Gasteiger partial charge in [0.15, 0.2) is 0 Å². The van der Waals surface area contributed by atoms with Crippen molar-refractivity contribution in [3.05, 3.63) is 48.0 Å². The van der Waals surface area contributed by atoms with Gasteiger partial charge >= 0.3 is 0 Å². The van der Waals surface area contributed by atoms with Gasteiger partial charge in [0.1, 0.15) is 5.82 Å². The van der Waals surface area contributed by atoms with Crippen LogP contribution in [0.4, 0.5) is 5.69 Å². The number of imidazole rings is 1. The molecule has 4 heteroatoms. The molecule has 4 rings (SSSR count). The molecule has 122 valence electrons. The number of hydrogen-bond donors (Lipinski definition) is 1. The van der Waals surface area contributed by atoms with E-state index in [9.17, 15) is 0 Å². The molecule has 0 unspecified atom stereocenters. The number of anilines is 1. The maximum absolute atomic E-state index is 4.28. The zero-order valence-electron chi connectivity index (χ0n) is 14.1. The van der Waals surface area contributed by atoms with Gasteiger partial charge in [-0.25, -0.2) is 4.98 Å². The van der Waals surface area contributed by atoms with Crippen LogP contribution in [0, 0.1) is 6.92 Å². The van der Waals surface area contributed by atoms with Gasteiger partial charge in [0.05, 0.1) is 0 Å². The molecule has 2 fully saturated rings. The molecule has 1 saturated carbocycles. The molecule has 4 nitrogen and oxygen atoms in total. The lowest BCUT2D eigenvalue weighted by molar-refractivity contribution is 0.257. The van der Waals surface area contributed by atoms with Crippen LogP contribution in [-0.2, 0) is 6.54 Å². The highest BCUT2D eigenvalue weighted by atomic mass is 15.3. The number of aryl methyl sites for hydroxylation is 1. The lowest BCUT2D eigenvalue weighted by Crippen LogP contribution is -2.30. The number of hydrogen-bond acceptors (Lipinski definition) is 3. The van der Waals surface area contributed by atoms with Gasteiger partial charge in [-0.3, -0.25) is 4.90 Å². The number of benzene rings is 1. The Balaban J connectivity index is 1.36. The normalized spacial score (nSPS) is 25.0. The van der Waals surface area contributed by atoms with Crippen LogP contribution in [0.25, 0.3) is 0 Å². The fraction of sp³-hybridized carbons (Fsp3) is 0.526. The van der Waals surface area contributed by atoms with Gasteiger partial charge in [-0.05, 0) is 50.8 Å². The Hall–Kier alpha value is -1.81. The van der Waals surface area contributed by atoms with Crippen molar-refractivity contribution in [1.29, 1.82) is 0 Å². The minimum absolute atomic E-state index is 0.590. The van der Waals surface area contributed by atoms with E-state index in [4.69, 9.17) is 0 Å². The highest BCUT2D eigenvalue weighted by Gasteiger charge is 2.38. The van der Waals surface area contributed by atoms with Gasteiger partial charge < -0.3 is 9.88 Å². The average molecular weight is 310 g/mol. The van der Waals surface area contributed by atoms with Crippen molar-refractivity contribution >= 4 is 5.69 Å². The molecule has 0 amide bonds. The number of aromatic nitrogens is 2. The summed E-state index contributed by atoms with van der Waals surface area (Å²) in [5.41, 5.74) is 2.56. The summed E-state index contributed by atoms with van der Waals surface area (Å²) in [7, 11) is 0. The van der Waals surface area contributed by atoms with Crippen molar-refractivity contribution in [1.82, 2.24) is 14.5 Å². The molecule has 0 bridgehead atoms. The van der Waals surface area contributed by atoms with Crippen molar-refractivity contribution in [2.45, 2.75) is 57.8 Å². The fourth-order valence-corrected chi connectivity index (χ4v) is 3.79. The highest BCUT2D eigenvalue weighted by molar-refractivity contribution is 5.46. The van der Waals surface area contributed by atoms with Crippen LogP contribution in [0.2, 0.25) is 0 Å². The Morgan fingerprint density at radius 3 is 2.65 bits per heavy atom. The summed E-state index contributed by atoms with van der Waals surface area (Å²) in [5, 5.41) is 3.72. The quantitative estimate of drug-likeness (QED) is 0.920. The molecular weight excluding hydrogens is 284 g/mol. The largest absolute Gasteiger partial charge is 0.381 e. The minimum atomic E-state index is 0.590. The van der Waals surface area contributed by atoms with Gasteiger partial charge in [-0.1, -0.05) is 12.1 Å². The molecule has 1 N–H and O–H groups in total. The molecule has 23 heavy (non-hydrogen) atoms. The van der Waals surface area contributed by atoms with Gasteiger partial charge in [0.2, 0.25) is 0 Å². The van der Waals surface area contributed by atoms with Crippen LogP contribution in [0.1, 0.15) is 37.6 Å². The molecule has 1 aromatic heterocycles. The van der Waals surface area contributed by atoms with E-state index in [2.05, 4.69) is 51.0 Å². The molecule has 2 aliphatic rings. The van der Waals surface area contributed by atoms with Crippen LogP contribution < -0.4 is 5.32 Å². The minimum Gasteiger partial charge on any atom is -0.381 e. The molecule has 2 aromatic rings. The second-order valence-corrected chi connectivity index (χ2v) is 7.15. The summed E-state index contributed by atoms with van der Waals surface area (Å²) in [6.45, 7) is 6.50. The van der Waals surface area contributed by atoms with E-state index >= 15 is 0 Å². The first-order valence-corrected chi connectivity index (χ1v) is 8.78. The van der Waals surface area contributed by atoms with Gasteiger partial charge in [0, 0.05) is 49.3 Å². The maximum atomic E-state index is 4.28. The molecule has 1 saturated heterocycles. The zero-order chi connectivity index (χ0) is 15.8. The summed E-state index contributed by atoms with van der Waals surface area (Å²) < 4.78 is 2.18. The van der Waals surface area contributed by atoms with Crippen molar-refractivity contribution in [2.24, 2.45) is 0 Å². The summed E-state index contributed by atoms with van der Waals surface area (Å²) in [4.78, 5) is 6.97. The summed E-state index contributed by atoms with van der Waals surface area (Å²) >= 11 is 0. The van der Waals surface area contributed by atoms with Crippen LogP contribution in [-0.4, -0.2) is 39.1 Å². The fourth-order valence-electron chi connectivity index (χ4n) is 3.79. The summed E-state index contributed by atoms with van der Waals surface area (Å²) in [6, 6.07) is 11.1. The van der Waals surface area contributed by atoms with E-state index in [0.29, 0.717) is 6.04 Å². The third-order valence-corrected chi connectivity index (χ3v) is 5.24. The molecule has 1 aromatic carbocycles. The second-order valence-electron chi connectivity index (χ2n) is 7.15. The maximum Gasteiger partial charge on any atom is 0.105 e. The molecule has 1 aliphatic carbocycles. The first kappa shape index (κ1) is 14.8. The monoisotopic (exact) mass is 310 g/mol. The van der Waals surface area contributed by atoms with E-state index < -0.39 is 0 Å². The Morgan fingerprint density at radius 1 is 1.22 bits per heavy atom. The number of likely N-dealkylation sites (tertiary alicyclic amines) is 1. The molecule has 2 atom stereocenters. The lowest BCUT2D eigenvalue weighted by Gasteiger charge is -2.20. The van der Waals surface area contributed by atoms with E-state index in [1.165, 1.54) is 37.1 Å². The Kier molecular flexibility index (Phi) is 3.85. The zero-order valence-corrected chi connectivity index (χ0v) is 14.1. The topological polar surface area (TPSA) is 33.1 Å². The number of rotatable bonds is 5. The Labute approximate surface area is 138 Å². The predicted octanol–water partition coefficient (Wildman–Crippen LogP) is 3.28. The molecule has 1 aliphatic heterocycles. The standard InChI is InChI=1S/C19H26N4/c1-14-11-18(13-23(14)19-7-8-19)21-17-5-3-16(4-6-17)12-22-10-9-20-15(22)2/h3-6,9-10,14,18-19,21H,7-8,11-13H2,1-2H3/t14-,18-/m0/s1.